The summed E-state index contributed by atoms with van der Waals surface area (Å²) in [6.45, 7) is 5.02. The van der Waals surface area contributed by atoms with Crippen molar-refractivity contribution in [2.45, 2.75) is 51.6 Å². The van der Waals surface area contributed by atoms with Crippen molar-refractivity contribution in [3.63, 3.8) is 0 Å². The zero-order valence-electron chi connectivity index (χ0n) is 10.8. The molecule has 2 unspecified atom stereocenters. The van der Waals surface area contributed by atoms with E-state index in [9.17, 15) is 9.90 Å². The van der Waals surface area contributed by atoms with Gasteiger partial charge in [-0.2, -0.15) is 5.26 Å². The van der Waals surface area contributed by atoms with Gasteiger partial charge >= 0.3 is 0 Å². The van der Waals surface area contributed by atoms with Crippen molar-refractivity contribution in [2.75, 3.05) is 13.1 Å². The Hall–Kier alpha value is -1.08. The van der Waals surface area contributed by atoms with Crippen molar-refractivity contribution in [1.82, 2.24) is 4.90 Å². The number of carbonyl (C=O) groups excluding carboxylic acids is 1. The average Bonchev–Trinajstić information content (AvgIpc) is 2.46. The fourth-order valence-corrected chi connectivity index (χ4v) is 2.24. The third-order valence-electron chi connectivity index (χ3n) is 3.41. The second kappa shape index (κ2) is 6.02. The fraction of sp³-hybridized carbons (Fsp3) is 0.846. The molecule has 1 saturated heterocycles. The normalized spacial score (nSPS) is 27.1. The Bertz CT molecular complexity index is 307. The number of likely N-dealkylation sites (tertiary alicyclic amines) is 1. The van der Waals surface area contributed by atoms with Crippen LogP contribution < -0.4 is 0 Å². The van der Waals surface area contributed by atoms with Gasteiger partial charge in [0, 0.05) is 13.1 Å². The zero-order chi connectivity index (χ0) is 12.9. The van der Waals surface area contributed by atoms with Crippen molar-refractivity contribution in [1.29, 1.82) is 5.26 Å². The number of aliphatic hydroxyl groups is 1. The lowest BCUT2D eigenvalue weighted by Crippen LogP contribution is -2.37. The molecule has 0 aromatic heterocycles. The first-order valence-corrected chi connectivity index (χ1v) is 6.41. The van der Waals surface area contributed by atoms with Gasteiger partial charge in [0.25, 0.3) is 0 Å². The van der Waals surface area contributed by atoms with Crippen molar-refractivity contribution in [3.05, 3.63) is 0 Å². The van der Waals surface area contributed by atoms with Crippen molar-refractivity contribution in [3.8, 4) is 6.07 Å². The van der Waals surface area contributed by atoms with E-state index in [0.29, 0.717) is 25.9 Å². The molecule has 1 aliphatic heterocycles. The topological polar surface area (TPSA) is 64.3 Å². The molecule has 1 aliphatic rings. The zero-order valence-corrected chi connectivity index (χ0v) is 10.8. The van der Waals surface area contributed by atoms with Gasteiger partial charge in [0.2, 0.25) is 5.91 Å². The number of carbonyl (C=O) groups is 1. The highest BCUT2D eigenvalue weighted by atomic mass is 16.3. The molecule has 17 heavy (non-hydrogen) atoms. The smallest absolute Gasteiger partial charge is 0.239 e. The van der Waals surface area contributed by atoms with Gasteiger partial charge in [0.15, 0.2) is 0 Å². The molecule has 0 saturated carbocycles. The minimum Gasteiger partial charge on any atom is -0.390 e. The molecule has 2 atom stereocenters. The molecule has 96 valence electrons. The third-order valence-corrected chi connectivity index (χ3v) is 3.41. The van der Waals surface area contributed by atoms with Crippen LogP contribution in [0.3, 0.4) is 0 Å². The number of nitriles is 1. The first kappa shape index (κ1) is 14.0. The summed E-state index contributed by atoms with van der Waals surface area (Å²) in [5.74, 6) is -0.574. The van der Waals surface area contributed by atoms with Gasteiger partial charge in [0.1, 0.15) is 5.92 Å². The van der Waals surface area contributed by atoms with Crippen molar-refractivity contribution in [2.24, 2.45) is 5.92 Å². The number of nitrogens with zero attached hydrogens (tertiary/aromatic N) is 2. The number of hydrogen-bond donors (Lipinski definition) is 1. The summed E-state index contributed by atoms with van der Waals surface area (Å²) >= 11 is 0. The second-order valence-corrected chi connectivity index (χ2v) is 5.15. The molecule has 1 N–H and O–H groups in total. The van der Waals surface area contributed by atoms with E-state index < -0.39 is 11.5 Å². The Labute approximate surface area is 103 Å². The highest BCUT2D eigenvalue weighted by Crippen LogP contribution is 2.22. The summed E-state index contributed by atoms with van der Waals surface area (Å²) in [7, 11) is 0. The van der Waals surface area contributed by atoms with Crippen LogP contribution >= 0.6 is 0 Å². The van der Waals surface area contributed by atoms with Crippen LogP contribution in [0, 0.1) is 17.2 Å². The Kier molecular flexibility index (Phi) is 4.95. The molecule has 0 radical (unpaired) electrons. The lowest BCUT2D eigenvalue weighted by Gasteiger charge is -2.24. The van der Waals surface area contributed by atoms with E-state index in [-0.39, 0.29) is 5.91 Å². The maximum absolute atomic E-state index is 12.1. The van der Waals surface area contributed by atoms with Gasteiger partial charge in [0.05, 0.1) is 11.7 Å². The standard InChI is InChI=1S/C13H22N2O2/c1-3-5-11(10-14)12(16)15-8-4-6-13(2,17)7-9-15/h11,17H,3-9H2,1-2H3. The van der Waals surface area contributed by atoms with Crippen LogP contribution in [0.5, 0.6) is 0 Å². The molecule has 0 spiro atoms. The summed E-state index contributed by atoms with van der Waals surface area (Å²) in [6.07, 6.45) is 3.60. The second-order valence-electron chi connectivity index (χ2n) is 5.15. The SMILES string of the molecule is CCCC(C#N)C(=O)N1CCCC(C)(O)CC1. The van der Waals surface area contributed by atoms with Crippen LogP contribution in [-0.4, -0.2) is 34.6 Å². The van der Waals surface area contributed by atoms with Gasteiger partial charge in [-0.15, -0.1) is 0 Å². The predicted octanol–water partition coefficient (Wildman–Crippen LogP) is 1.69. The summed E-state index contributed by atoms with van der Waals surface area (Å²) in [5, 5.41) is 18.9. The van der Waals surface area contributed by atoms with Crippen molar-refractivity contribution < 1.29 is 9.90 Å². The van der Waals surface area contributed by atoms with Gasteiger partial charge in [-0.05, 0) is 32.6 Å². The van der Waals surface area contributed by atoms with E-state index in [1.54, 1.807) is 4.90 Å². The highest BCUT2D eigenvalue weighted by Gasteiger charge is 2.29. The summed E-state index contributed by atoms with van der Waals surface area (Å²) in [6, 6.07) is 2.09. The van der Waals surface area contributed by atoms with E-state index in [1.807, 2.05) is 13.8 Å². The average molecular weight is 238 g/mol. The number of amides is 1. The maximum atomic E-state index is 12.1. The number of hydrogen-bond acceptors (Lipinski definition) is 3. The van der Waals surface area contributed by atoms with Gasteiger partial charge in [-0.3, -0.25) is 4.79 Å². The summed E-state index contributed by atoms with van der Waals surface area (Å²) in [5.41, 5.74) is -0.665. The molecule has 1 heterocycles. The van der Waals surface area contributed by atoms with Gasteiger partial charge in [-0.1, -0.05) is 13.3 Å². The van der Waals surface area contributed by atoms with Crippen LogP contribution in [0.15, 0.2) is 0 Å². The minimum absolute atomic E-state index is 0.0629. The molecule has 4 nitrogen and oxygen atoms in total. The molecule has 0 aromatic rings. The molecule has 1 amide bonds. The van der Waals surface area contributed by atoms with Gasteiger partial charge in [-0.25, -0.2) is 0 Å². The van der Waals surface area contributed by atoms with E-state index in [4.69, 9.17) is 5.26 Å². The Morgan fingerprint density at radius 2 is 2.24 bits per heavy atom. The maximum Gasteiger partial charge on any atom is 0.239 e. The molecular formula is C13H22N2O2. The predicted molar refractivity (Wildman–Crippen MR) is 65.1 cm³/mol. The first-order valence-electron chi connectivity index (χ1n) is 6.41. The van der Waals surface area contributed by atoms with Crippen LogP contribution in [0.1, 0.15) is 46.0 Å². The Morgan fingerprint density at radius 1 is 1.53 bits per heavy atom. The quantitative estimate of drug-likeness (QED) is 0.813. The third kappa shape index (κ3) is 4.01. The monoisotopic (exact) mass is 238 g/mol. The molecule has 0 aliphatic carbocycles. The molecule has 1 rings (SSSR count). The van der Waals surface area contributed by atoms with Crippen molar-refractivity contribution >= 4 is 5.91 Å². The molecule has 1 fully saturated rings. The Balaban J connectivity index is 2.61. The first-order chi connectivity index (χ1) is 8.00. The van der Waals surface area contributed by atoms with Crippen LogP contribution in [0.2, 0.25) is 0 Å². The van der Waals surface area contributed by atoms with E-state index in [0.717, 1.165) is 19.3 Å². The molecular weight excluding hydrogens is 216 g/mol. The van der Waals surface area contributed by atoms with Crippen LogP contribution in [0.4, 0.5) is 0 Å². The van der Waals surface area contributed by atoms with Gasteiger partial charge < -0.3 is 10.0 Å². The van der Waals surface area contributed by atoms with Crippen LogP contribution in [-0.2, 0) is 4.79 Å². The lowest BCUT2D eigenvalue weighted by molar-refractivity contribution is -0.134. The minimum atomic E-state index is -0.665. The number of rotatable bonds is 3. The molecule has 0 aromatic carbocycles. The summed E-state index contributed by atoms with van der Waals surface area (Å²) in [4.78, 5) is 13.8. The molecule has 0 bridgehead atoms. The largest absolute Gasteiger partial charge is 0.390 e. The summed E-state index contributed by atoms with van der Waals surface area (Å²) < 4.78 is 0. The fourth-order valence-electron chi connectivity index (χ4n) is 2.24. The molecule has 4 heteroatoms. The highest BCUT2D eigenvalue weighted by molar-refractivity contribution is 5.81. The van der Waals surface area contributed by atoms with Crippen LogP contribution in [0.25, 0.3) is 0 Å². The van der Waals surface area contributed by atoms with E-state index in [2.05, 4.69) is 6.07 Å². The Morgan fingerprint density at radius 3 is 2.82 bits per heavy atom. The van der Waals surface area contributed by atoms with E-state index >= 15 is 0 Å². The van der Waals surface area contributed by atoms with E-state index in [1.165, 1.54) is 0 Å². The lowest BCUT2D eigenvalue weighted by atomic mass is 9.98.